The van der Waals surface area contributed by atoms with E-state index in [0.29, 0.717) is 10.4 Å². The summed E-state index contributed by atoms with van der Waals surface area (Å²) in [6.07, 6.45) is 0. The zero-order valence-corrected chi connectivity index (χ0v) is 12.0. The van der Waals surface area contributed by atoms with Gasteiger partial charge in [0.15, 0.2) is 0 Å². The van der Waals surface area contributed by atoms with Crippen LogP contribution < -0.4 is 10.6 Å². The summed E-state index contributed by atoms with van der Waals surface area (Å²) in [6, 6.07) is 5.63. The van der Waals surface area contributed by atoms with Gasteiger partial charge in [-0.3, -0.25) is 0 Å². The smallest absolute Gasteiger partial charge is 0.319 e. The van der Waals surface area contributed by atoms with Crippen molar-refractivity contribution in [1.29, 1.82) is 0 Å². The maximum Gasteiger partial charge on any atom is 0.319 e. The SMILES string of the molecule is CC(NC(=O)Nc1ccc(F)cc1F)c1ccc(Cl)s1. The summed E-state index contributed by atoms with van der Waals surface area (Å²) in [5, 5.41) is 4.97. The second kappa shape index (κ2) is 6.19. The molecule has 0 radical (unpaired) electrons. The number of urea groups is 1. The molecule has 0 fully saturated rings. The summed E-state index contributed by atoms with van der Waals surface area (Å²) in [5.41, 5.74) is -0.0830. The molecule has 0 saturated heterocycles. The molecule has 7 heteroatoms. The fourth-order valence-electron chi connectivity index (χ4n) is 1.58. The molecule has 20 heavy (non-hydrogen) atoms. The van der Waals surface area contributed by atoms with Gasteiger partial charge in [0.25, 0.3) is 0 Å². The van der Waals surface area contributed by atoms with E-state index in [1.807, 2.05) is 0 Å². The van der Waals surface area contributed by atoms with Crippen LogP contribution in [-0.2, 0) is 0 Å². The van der Waals surface area contributed by atoms with E-state index in [9.17, 15) is 13.6 Å². The molecule has 2 aromatic rings. The van der Waals surface area contributed by atoms with Crippen molar-refractivity contribution < 1.29 is 13.6 Å². The molecule has 1 heterocycles. The lowest BCUT2D eigenvalue weighted by Gasteiger charge is -2.13. The van der Waals surface area contributed by atoms with Crippen molar-refractivity contribution >= 4 is 34.7 Å². The van der Waals surface area contributed by atoms with Crippen molar-refractivity contribution in [2.45, 2.75) is 13.0 Å². The standard InChI is InChI=1S/C13H11ClF2N2OS/c1-7(11-4-5-12(14)20-11)17-13(19)18-10-3-2-8(15)6-9(10)16/h2-7H,1H3,(H2,17,18,19). The summed E-state index contributed by atoms with van der Waals surface area (Å²) in [4.78, 5) is 12.6. The number of anilines is 1. The number of benzene rings is 1. The van der Waals surface area contributed by atoms with E-state index in [2.05, 4.69) is 10.6 Å². The van der Waals surface area contributed by atoms with Gasteiger partial charge in [-0.25, -0.2) is 13.6 Å². The van der Waals surface area contributed by atoms with E-state index in [4.69, 9.17) is 11.6 Å². The number of hydrogen-bond acceptors (Lipinski definition) is 2. The summed E-state index contributed by atoms with van der Waals surface area (Å²) < 4.78 is 26.7. The Morgan fingerprint density at radius 1 is 1.30 bits per heavy atom. The first-order valence-electron chi connectivity index (χ1n) is 5.73. The molecule has 2 amide bonds. The topological polar surface area (TPSA) is 41.1 Å². The lowest BCUT2D eigenvalue weighted by molar-refractivity contribution is 0.249. The highest BCUT2D eigenvalue weighted by Crippen LogP contribution is 2.26. The van der Waals surface area contributed by atoms with Gasteiger partial charge in [-0.1, -0.05) is 11.6 Å². The minimum atomic E-state index is -0.827. The Balaban J connectivity index is 1.98. The molecule has 0 aliphatic carbocycles. The molecule has 0 saturated carbocycles. The van der Waals surface area contributed by atoms with Crippen molar-refractivity contribution in [3.05, 3.63) is 51.2 Å². The molecular formula is C13H11ClF2N2OS. The second-order valence-electron chi connectivity index (χ2n) is 4.09. The van der Waals surface area contributed by atoms with E-state index in [0.717, 1.165) is 17.0 Å². The van der Waals surface area contributed by atoms with Gasteiger partial charge in [0.05, 0.1) is 16.1 Å². The monoisotopic (exact) mass is 316 g/mol. The van der Waals surface area contributed by atoms with Crippen molar-refractivity contribution in [1.82, 2.24) is 5.32 Å². The highest BCUT2D eigenvalue weighted by atomic mass is 35.5. The molecule has 1 atom stereocenters. The van der Waals surface area contributed by atoms with Crippen LogP contribution >= 0.6 is 22.9 Å². The van der Waals surface area contributed by atoms with Crippen LogP contribution in [0.15, 0.2) is 30.3 Å². The normalized spacial score (nSPS) is 12.0. The predicted molar refractivity (Wildman–Crippen MR) is 76.3 cm³/mol. The maximum absolute atomic E-state index is 13.4. The maximum atomic E-state index is 13.4. The van der Waals surface area contributed by atoms with Gasteiger partial charge in [0.1, 0.15) is 11.6 Å². The molecule has 1 aromatic carbocycles. The molecule has 0 aliphatic heterocycles. The van der Waals surface area contributed by atoms with Gasteiger partial charge in [-0.05, 0) is 31.2 Å². The first-order chi connectivity index (χ1) is 9.45. The Labute approximate surface area is 123 Å². The zero-order valence-electron chi connectivity index (χ0n) is 10.4. The van der Waals surface area contributed by atoms with Gasteiger partial charge in [-0.15, -0.1) is 11.3 Å². The second-order valence-corrected chi connectivity index (χ2v) is 5.83. The Kier molecular flexibility index (Phi) is 4.57. The third kappa shape index (κ3) is 3.68. The van der Waals surface area contributed by atoms with Crippen LogP contribution in [0.3, 0.4) is 0 Å². The Morgan fingerprint density at radius 3 is 2.65 bits per heavy atom. The number of nitrogens with one attached hydrogen (secondary N) is 2. The van der Waals surface area contributed by atoms with Crippen molar-refractivity contribution in [3.8, 4) is 0 Å². The average molecular weight is 317 g/mol. The van der Waals surface area contributed by atoms with Gasteiger partial charge in [0, 0.05) is 10.9 Å². The minimum absolute atomic E-state index is 0.0830. The molecule has 2 N–H and O–H groups in total. The number of halogens is 3. The van der Waals surface area contributed by atoms with E-state index < -0.39 is 17.7 Å². The fraction of sp³-hybridized carbons (Fsp3) is 0.154. The molecule has 0 aliphatic rings. The average Bonchev–Trinajstić information content (AvgIpc) is 2.79. The van der Waals surface area contributed by atoms with E-state index in [1.165, 1.54) is 11.3 Å². The van der Waals surface area contributed by atoms with Crippen LogP contribution in [0.5, 0.6) is 0 Å². The summed E-state index contributed by atoms with van der Waals surface area (Å²) >= 11 is 7.16. The molecule has 0 spiro atoms. The minimum Gasteiger partial charge on any atom is -0.331 e. The highest BCUT2D eigenvalue weighted by Gasteiger charge is 2.13. The third-order valence-corrected chi connectivity index (χ3v) is 3.96. The van der Waals surface area contributed by atoms with Gasteiger partial charge >= 0.3 is 6.03 Å². The molecular weight excluding hydrogens is 306 g/mol. The van der Waals surface area contributed by atoms with Crippen LogP contribution in [0.2, 0.25) is 4.34 Å². The number of hydrogen-bond donors (Lipinski definition) is 2. The number of thiophene rings is 1. The van der Waals surface area contributed by atoms with Crippen LogP contribution in [0.4, 0.5) is 19.3 Å². The Hall–Kier alpha value is -1.66. The Bertz CT molecular complexity index is 633. The number of carbonyl (C=O) groups is 1. The third-order valence-electron chi connectivity index (χ3n) is 2.55. The zero-order chi connectivity index (χ0) is 14.7. The number of carbonyl (C=O) groups excluding carboxylic acids is 1. The van der Waals surface area contributed by atoms with Crippen LogP contribution in [0.25, 0.3) is 0 Å². The van der Waals surface area contributed by atoms with Crippen LogP contribution in [0.1, 0.15) is 17.8 Å². The Morgan fingerprint density at radius 2 is 2.05 bits per heavy atom. The first kappa shape index (κ1) is 14.7. The lowest BCUT2D eigenvalue weighted by Crippen LogP contribution is -2.31. The van der Waals surface area contributed by atoms with Crippen molar-refractivity contribution in [2.24, 2.45) is 0 Å². The predicted octanol–water partition coefficient (Wildman–Crippen LogP) is 4.56. The van der Waals surface area contributed by atoms with Gasteiger partial charge < -0.3 is 10.6 Å². The van der Waals surface area contributed by atoms with E-state index in [-0.39, 0.29) is 11.7 Å². The molecule has 3 nitrogen and oxygen atoms in total. The molecule has 2 rings (SSSR count). The van der Waals surface area contributed by atoms with Crippen molar-refractivity contribution in [2.75, 3.05) is 5.32 Å². The van der Waals surface area contributed by atoms with Crippen LogP contribution in [0, 0.1) is 11.6 Å². The summed E-state index contributed by atoms with van der Waals surface area (Å²) in [7, 11) is 0. The molecule has 1 aromatic heterocycles. The molecule has 1 unspecified atom stereocenters. The van der Waals surface area contributed by atoms with E-state index >= 15 is 0 Å². The van der Waals surface area contributed by atoms with Gasteiger partial charge in [0.2, 0.25) is 0 Å². The fourth-order valence-corrected chi connectivity index (χ4v) is 2.64. The lowest BCUT2D eigenvalue weighted by atomic mass is 10.3. The number of rotatable bonds is 3. The molecule has 106 valence electrons. The summed E-state index contributed by atoms with van der Waals surface area (Å²) in [6.45, 7) is 1.78. The van der Waals surface area contributed by atoms with Crippen molar-refractivity contribution in [3.63, 3.8) is 0 Å². The largest absolute Gasteiger partial charge is 0.331 e. The van der Waals surface area contributed by atoms with E-state index in [1.54, 1.807) is 19.1 Å². The summed E-state index contributed by atoms with van der Waals surface area (Å²) in [5.74, 6) is -1.53. The first-order valence-corrected chi connectivity index (χ1v) is 6.93. The highest BCUT2D eigenvalue weighted by molar-refractivity contribution is 7.16. The van der Waals surface area contributed by atoms with Gasteiger partial charge in [-0.2, -0.15) is 0 Å². The van der Waals surface area contributed by atoms with Crippen LogP contribution in [-0.4, -0.2) is 6.03 Å². The quantitative estimate of drug-likeness (QED) is 0.856. The number of amides is 2. The molecule has 0 bridgehead atoms.